The predicted octanol–water partition coefficient (Wildman–Crippen LogP) is 5.03. The van der Waals surface area contributed by atoms with Crippen LogP contribution in [-0.4, -0.2) is 48.2 Å². The number of alkyl halides is 3. The molecule has 2 heterocycles. The molecule has 0 N–H and O–H groups in total. The summed E-state index contributed by atoms with van der Waals surface area (Å²) in [5.74, 6) is -0.108. The van der Waals surface area contributed by atoms with E-state index in [1.54, 1.807) is 12.1 Å². The van der Waals surface area contributed by atoms with E-state index in [0.29, 0.717) is 13.0 Å². The topological polar surface area (TPSA) is 32.8 Å². The molecule has 2 saturated heterocycles. The standard InChI is InChI=1S/C25H29F3N2O2/c26-25(27,28)32-22-10-8-21(9-11-22)18-30-19-24(17-23(30)31)12-15-29(16-13-24)14-4-7-20-5-2-1-3-6-20/h1-3,5-6,8-11H,4,7,12-19H2. The lowest BCUT2D eigenvalue weighted by molar-refractivity contribution is -0.274. The van der Waals surface area contributed by atoms with Gasteiger partial charge in [0, 0.05) is 19.5 Å². The van der Waals surface area contributed by atoms with Gasteiger partial charge in [0.1, 0.15) is 5.75 Å². The highest BCUT2D eigenvalue weighted by molar-refractivity contribution is 5.79. The fraction of sp³-hybridized carbons (Fsp3) is 0.480. The number of hydrogen-bond donors (Lipinski definition) is 0. The van der Waals surface area contributed by atoms with Crippen LogP contribution in [-0.2, 0) is 17.8 Å². The van der Waals surface area contributed by atoms with Gasteiger partial charge in [0.25, 0.3) is 0 Å². The van der Waals surface area contributed by atoms with Crippen molar-refractivity contribution >= 4 is 5.91 Å². The Balaban J connectivity index is 1.24. The van der Waals surface area contributed by atoms with Gasteiger partial charge in [-0.1, -0.05) is 42.5 Å². The molecule has 0 aliphatic carbocycles. The number of amides is 1. The Hall–Kier alpha value is -2.54. The SMILES string of the molecule is O=C1CC2(CCN(CCCc3ccccc3)CC2)CN1Cc1ccc(OC(F)(F)F)cc1. The second-order valence-electron chi connectivity index (χ2n) is 9.05. The van der Waals surface area contributed by atoms with E-state index in [9.17, 15) is 18.0 Å². The van der Waals surface area contributed by atoms with Gasteiger partial charge in [-0.2, -0.15) is 0 Å². The van der Waals surface area contributed by atoms with Crippen LogP contribution in [0.25, 0.3) is 0 Å². The molecular formula is C25H29F3N2O2. The van der Waals surface area contributed by atoms with Gasteiger partial charge in [0.05, 0.1) is 0 Å². The Morgan fingerprint density at radius 2 is 1.62 bits per heavy atom. The summed E-state index contributed by atoms with van der Waals surface area (Å²) in [5.41, 5.74) is 2.21. The molecule has 2 aliphatic rings. The van der Waals surface area contributed by atoms with Gasteiger partial charge in [-0.3, -0.25) is 4.79 Å². The van der Waals surface area contributed by atoms with E-state index in [4.69, 9.17) is 0 Å². The lowest BCUT2D eigenvalue weighted by Gasteiger charge is -2.38. The fourth-order valence-corrected chi connectivity index (χ4v) is 4.88. The molecule has 0 bridgehead atoms. The zero-order valence-electron chi connectivity index (χ0n) is 18.1. The summed E-state index contributed by atoms with van der Waals surface area (Å²) >= 11 is 0. The lowest BCUT2D eigenvalue weighted by Crippen LogP contribution is -2.41. The number of carbonyl (C=O) groups excluding carboxylic acids is 1. The van der Waals surface area contributed by atoms with Crippen LogP contribution in [0.1, 0.15) is 36.8 Å². The first kappa shape index (κ1) is 22.6. The highest BCUT2D eigenvalue weighted by atomic mass is 19.4. The second-order valence-corrected chi connectivity index (χ2v) is 9.05. The number of ether oxygens (including phenoxy) is 1. The summed E-state index contributed by atoms with van der Waals surface area (Å²) in [6, 6.07) is 16.3. The molecular weight excluding hydrogens is 417 g/mol. The van der Waals surface area contributed by atoms with Crippen LogP contribution in [0.5, 0.6) is 5.75 Å². The first-order valence-electron chi connectivity index (χ1n) is 11.2. The van der Waals surface area contributed by atoms with Crippen LogP contribution in [0.15, 0.2) is 54.6 Å². The average molecular weight is 447 g/mol. The van der Waals surface area contributed by atoms with Crippen molar-refractivity contribution in [3.05, 3.63) is 65.7 Å². The minimum Gasteiger partial charge on any atom is -0.406 e. The number of piperidine rings is 1. The van der Waals surface area contributed by atoms with E-state index in [1.165, 1.54) is 17.7 Å². The molecule has 2 aromatic carbocycles. The van der Waals surface area contributed by atoms with Crippen molar-refractivity contribution in [2.24, 2.45) is 5.41 Å². The van der Waals surface area contributed by atoms with E-state index in [2.05, 4.69) is 33.9 Å². The van der Waals surface area contributed by atoms with E-state index in [1.807, 2.05) is 11.0 Å². The van der Waals surface area contributed by atoms with Crippen molar-refractivity contribution in [2.75, 3.05) is 26.2 Å². The molecule has 2 aromatic rings. The number of carbonyl (C=O) groups is 1. The van der Waals surface area contributed by atoms with Crippen molar-refractivity contribution in [1.29, 1.82) is 0 Å². The minimum atomic E-state index is -4.70. The van der Waals surface area contributed by atoms with Crippen LogP contribution in [0.3, 0.4) is 0 Å². The van der Waals surface area contributed by atoms with E-state index < -0.39 is 6.36 Å². The smallest absolute Gasteiger partial charge is 0.406 e. The summed E-state index contributed by atoms with van der Waals surface area (Å²) in [6.45, 7) is 4.26. The van der Waals surface area contributed by atoms with Crippen molar-refractivity contribution in [3.63, 3.8) is 0 Å². The summed E-state index contributed by atoms with van der Waals surface area (Å²) in [4.78, 5) is 17.0. The predicted molar refractivity (Wildman–Crippen MR) is 116 cm³/mol. The van der Waals surface area contributed by atoms with E-state index in [-0.39, 0.29) is 17.1 Å². The van der Waals surface area contributed by atoms with Gasteiger partial charge >= 0.3 is 6.36 Å². The van der Waals surface area contributed by atoms with Crippen molar-refractivity contribution in [3.8, 4) is 5.75 Å². The molecule has 4 rings (SSSR count). The monoisotopic (exact) mass is 446 g/mol. The third kappa shape index (κ3) is 6.03. The fourth-order valence-electron chi connectivity index (χ4n) is 4.88. The molecule has 0 saturated carbocycles. The number of aryl methyl sites for hydroxylation is 1. The third-order valence-electron chi connectivity index (χ3n) is 6.63. The molecule has 1 spiro atoms. The normalized spacial score (nSPS) is 19.0. The Labute approximate surface area is 187 Å². The number of rotatable bonds is 7. The minimum absolute atomic E-state index is 0.0341. The van der Waals surface area contributed by atoms with Gasteiger partial charge in [-0.25, -0.2) is 0 Å². The Morgan fingerprint density at radius 1 is 0.938 bits per heavy atom. The zero-order chi connectivity index (χ0) is 22.6. The Morgan fingerprint density at radius 3 is 2.28 bits per heavy atom. The highest BCUT2D eigenvalue weighted by Gasteiger charge is 2.44. The van der Waals surface area contributed by atoms with Crippen LogP contribution in [0, 0.1) is 5.41 Å². The first-order valence-corrected chi connectivity index (χ1v) is 11.2. The quantitative estimate of drug-likeness (QED) is 0.598. The molecule has 7 heteroatoms. The molecule has 0 aromatic heterocycles. The van der Waals surface area contributed by atoms with Crippen LogP contribution in [0.2, 0.25) is 0 Å². The van der Waals surface area contributed by atoms with Gasteiger partial charge in [-0.15, -0.1) is 13.2 Å². The summed E-state index contributed by atoms with van der Waals surface area (Å²) in [6.07, 6.45) is 0.116. The first-order chi connectivity index (χ1) is 15.3. The number of hydrogen-bond acceptors (Lipinski definition) is 3. The second kappa shape index (κ2) is 9.53. The van der Waals surface area contributed by atoms with Crippen LogP contribution >= 0.6 is 0 Å². The maximum absolute atomic E-state index is 12.7. The zero-order valence-corrected chi connectivity index (χ0v) is 18.1. The van der Waals surface area contributed by atoms with Crippen molar-refractivity contribution < 1.29 is 22.7 Å². The molecule has 172 valence electrons. The number of benzene rings is 2. The molecule has 32 heavy (non-hydrogen) atoms. The van der Waals surface area contributed by atoms with Crippen LogP contribution in [0.4, 0.5) is 13.2 Å². The Kier molecular flexibility index (Phi) is 6.74. The lowest BCUT2D eigenvalue weighted by atomic mass is 9.77. The van der Waals surface area contributed by atoms with Gasteiger partial charge in [-0.05, 0) is 74.0 Å². The molecule has 0 unspecified atom stereocenters. The van der Waals surface area contributed by atoms with Crippen molar-refractivity contribution in [2.45, 2.75) is 45.0 Å². The summed E-state index contributed by atoms with van der Waals surface area (Å²) < 4.78 is 40.9. The van der Waals surface area contributed by atoms with Crippen molar-refractivity contribution in [1.82, 2.24) is 9.80 Å². The van der Waals surface area contributed by atoms with E-state index >= 15 is 0 Å². The van der Waals surface area contributed by atoms with Gasteiger partial charge < -0.3 is 14.5 Å². The molecule has 0 radical (unpaired) electrons. The highest BCUT2D eigenvalue weighted by Crippen LogP contribution is 2.41. The van der Waals surface area contributed by atoms with Gasteiger partial charge in [0.15, 0.2) is 0 Å². The molecule has 4 nitrogen and oxygen atoms in total. The number of likely N-dealkylation sites (tertiary alicyclic amines) is 2. The van der Waals surface area contributed by atoms with Gasteiger partial charge in [0.2, 0.25) is 5.91 Å². The number of nitrogens with zero attached hydrogens (tertiary/aromatic N) is 2. The summed E-state index contributed by atoms with van der Waals surface area (Å²) in [5, 5.41) is 0. The molecule has 2 fully saturated rings. The molecule has 0 atom stereocenters. The third-order valence-corrected chi connectivity index (χ3v) is 6.63. The number of halogens is 3. The van der Waals surface area contributed by atoms with Crippen LogP contribution < -0.4 is 4.74 Å². The van der Waals surface area contributed by atoms with E-state index in [0.717, 1.165) is 57.4 Å². The Bertz CT molecular complexity index is 892. The average Bonchev–Trinajstić information content (AvgIpc) is 3.05. The maximum atomic E-state index is 12.7. The molecule has 2 aliphatic heterocycles. The largest absolute Gasteiger partial charge is 0.573 e. The summed E-state index contributed by atoms with van der Waals surface area (Å²) in [7, 11) is 0. The maximum Gasteiger partial charge on any atom is 0.573 e. The molecule has 1 amide bonds.